The number of carbonyl (C=O) groups excluding carboxylic acids is 5. The lowest BCUT2D eigenvalue weighted by Gasteiger charge is -2.36. The van der Waals surface area contributed by atoms with Crippen molar-refractivity contribution in [2.24, 2.45) is 5.41 Å². The van der Waals surface area contributed by atoms with Crippen molar-refractivity contribution >= 4 is 41.1 Å². The molecule has 1 aliphatic rings. The molecular weight excluding hydrogens is 634 g/mol. The number of nitrogens with zero attached hydrogens (tertiary/aromatic N) is 1. The highest BCUT2D eigenvalue weighted by Gasteiger charge is 2.41. The molecule has 1 saturated heterocycles. The minimum atomic E-state index is -1.33. The van der Waals surface area contributed by atoms with Crippen LogP contribution in [0.15, 0.2) is 55.1 Å². The van der Waals surface area contributed by atoms with E-state index in [-0.39, 0.29) is 26.0 Å². The fraction of sp³-hybridized carbons (Fsp3) is 0.444. The van der Waals surface area contributed by atoms with Crippen LogP contribution in [0.25, 0.3) is 0 Å². The number of esters is 1. The largest absolute Gasteiger partial charge is 0.493 e. The predicted octanol–water partition coefficient (Wildman–Crippen LogP) is 4.00. The van der Waals surface area contributed by atoms with E-state index in [9.17, 15) is 28.8 Å². The molecule has 13 heteroatoms. The molecule has 0 radical (unpaired) electrons. The second kappa shape index (κ2) is 17.8. The average Bonchev–Trinajstić information content (AvgIpc) is 3.10. The zero-order valence-corrected chi connectivity index (χ0v) is 28.4. The first-order valence-corrected chi connectivity index (χ1v) is 16.1. The Labute approximate surface area is 286 Å². The van der Waals surface area contributed by atoms with Crippen molar-refractivity contribution in [2.75, 3.05) is 32.7 Å². The van der Waals surface area contributed by atoms with Crippen LogP contribution >= 0.6 is 0 Å². The maximum absolute atomic E-state index is 14.0. The van der Waals surface area contributed by atoms with Gasteiger partial charge in [-0.2, -0.15) is 0 Å². The van der Waals surface area contributed by atoms with Gasteiger partial charge < -0.3 is 34.9 Å². The maximum Gasteiger partial charge on any atom is 0.330 e. The molecule has 0 aliphatic carbocycles. The SMILES string of the molecule is C=CC(=O)OCC(C)(C)C(=O)C(=O)N1CCCC[C@H]1C(=O)N[C@H](CCc1ccc(OC)c(OC)c1)c1cccc(NC(=O)CCC(=O)O)c1. The summed E-state index contributed by atoms with van der Waals surface area (Å²) in [5.41, 5.74) is 0.679. The number of carboxylic acid groups (broad SMARTS) is 1. The number of amides is 3. The predicted molar refractivity (Wildman–Crippen MR) is 180 cm³/mol. The van der Waals surface area contributed by atoms with Crippen LogP contribution in [0.2, 0.25) is 0 Å². The number of anilines is 1. The normalized spacial score (nSPS) is 14.9. The van der Waals surface area contributed by atoms with Gasteiger partial charge in [0.2, 0.25) is 17.6 Å². The number of aryl methyl sites for hydroxylation is 1. The van der Waals surface area contributed by atoms with Gasteiger partial charge in [-0.15, -0.1) is 0 Å². The number of ether oxygens (including phenoxy) is 3. The highest BCUT2D eigenvalue weighted by molar-refractivity contribution is 6.38. The van der Waals surface area contributed by atoms with E-state index in [0.29, 0.717) is 54.9 Å². The van der Waals surface area contributed by atoms with Gasteiger partial charge in [-0.3, -0.25) is 24.0 Å². The number of ketones is 1. The van der Waals surface area contributed by atoms with E-state index in [1.807, 2.05) is 12.1 Å². The molecule has 1 heterocycles. The van der Waals surface area contributed by atoms with Crippen molar-refractivity contribution in [3.05, 3.63) is 66.2 Å². The number of benzene rings is 2. The van der Waals surface area contributed by atoms with Gasteiger partial charge in [0.25, 0.3) is 5.91 Å². The highest BCUT2D eigenvalue weighted by Crippen LogP contribution is 2.30. The van der Waals surface area contributed by atoms with Gasteiger partial charge in [0, 0.05) is 24.7 Å². The van der Waals surface area contributed by atoms with Crippen LogP contribution in [0.5, 0.6) is 11.5 Å². The Kier molecular flexibility index (Phi) is 13.9. The first kappa shape index (κ1) is 38.2. The summed E-state index contributed by atoms with van der Waals surface area (Å²) >= 11 is 0. The molecule has 0 unspecified atom stereocenters. The van der Waals surface area contributed by atoms with Crippen LogP contribution < -0.4 is 20.1 Å². The molecule has 3 N–H and O–H groups in total. The topological polar surface area (TPSA) is 178 Å². The molecule has 264 valence electrons. The molecule has 13 nitrogen and oxygen atoms in total. The molecule has 1 fully saturated rings. The number of nitrogens with one attached hydrogen (secondary N) is 2. The number of rotatable bonds is 17. The molecule has 3 amide bonds. The van der Waals surface area contributed by atoms with Crippen LogP contribution in [-0.2, 0) is 39.9 Å². The van der Waals surface area contributed by atoms with Crippen molar-refractivity contribution in [3.8, 4) is 11.5 Å². The number of piperidine rings is 1. The van der Waals surface area contributed by atoms with Gasteiger partial charge in [0.05, 0.1) is 32.1 Å². The Morgan fingerprint density at radius 3 is 2.43 bits per heavy atom. The third-order valence-corrected chi connectivity index (χ3v) is 8.24. The fourth-order valence-corrected chi connectivity index (χ4v) is 5.46. The second-order valence-electron chi connectivity index (χ2n) is 12.4. The van der Waals surface area contributed by atoms with Crippen LogP contribution in [0.4, 0.5) is 5.69 Å². The highest BCUT2D eigenvalue weighted by atomic mass is 16.5. The number of carboxylic acids is 1. The Morgan fingerprint density at radius 1 is 1.02 bits per heavy atom. The molecule has 0 saturated carbocycles. The molecule has 2 atom stereocenters. The summed E-state index contributed by atoms with van der Waals surface area (Å²) in [7, 11) is 3.08. The Hall–Kier alpha value is -5.20. The van der Waals surface area contributed by atoms with Gasteiger partial charge in [-0.25, -0.2) is 4.79 Å². The summed E-state index contributed by atoms with van der Waals surface area (Å²) < 4.78 is 15.8. The minimum Gasteiger partial charge on any atom is -0.493 e. The fourth-order valence-electron chi connectivity index (χ4n) is 5.46. The lowest BCUT2D eigenvalue weighted by Crippen LogP contribution is -2.56. The number of methoxy groups -OCH3 is 2. The third-order valence-electron chi connectivity index (χ3n) is 8.24. The number of aliphatic carboxylic acids is 1. The van der Waals surface area contributed by atoms with Crippen LogP contribution in [0, 0.1) is 5.41 Å². The molecule has 49 heavy (non-hydrogen) atoms. The molecule has 0 aromatic heterocycles. The molecule has 0 spiro atoms. The van der Waals surface area contributed by atoms with E-state index >= 15 is 0 Å². The summed E-state index contributed by atoms with van der Waals surface area (Å²) in [6, 6.07) is 10.9. The quantitative estimate of drug-likeness (QED) is 0.126. The first-order chi connectivity index (χ1) is 23.3. The third kappa shape index (κ3) is 10.9. The summed E-state index contributed by atoms with van der Waals surface area (Å²) in [5, 5.41) is 14.7. The molecule has 0 bridgehead atoms. The maximum atomic E-state index is 14.0. The van der Waals surface area contributed by atoms with Crippen molar-refractivity contribution in [2.45, 2.75) is 70.9 Å². The van der Waals surface area contributed by atoms with E-state index in [2.05, 4.69) is 17.2 Å². The number of carbonyl (C=O) groups is 6. The van der Waals surface area contributed by atoms with Gasteiger partial charge in [-0.1, -0.05) is 24.8 Å². The van der Waals surface area contributed by atoms with Crippen LogP contribution in [-0.4, -0.2) is 78.9 Å². The van der Waals surface area contributed by atoms with Crippen molar-refractivity contribution in [1.29, 1.82) is 0 Å². The van der Waals surface area contributed by atoms with Crippen molar-refractivity contribution in [1.82, 2.24) is 10.2 Å². The second-order valence-corrected chi connectivity index (χ2v) is 12.4. The lowest BCUT2D eigenvalue weighted by molar-refractivity contribution is -0.157. The minimum absolute atomic E-state index is 0.198. The van der Waals surface area contributed by atoms with E-state index in [0.717, 1.165) is 11.6 Å². The summed E-state index contributed by atoms with van der Waals surface area (Å²) in [4.78, 5) is 77.0. The molecule has 2 aromatic rings. The molecule has 3 rings (SSSR count). The molecule has 1 aliphatic heterocycles. The van der Waals surface area contributed by atoms with Gasteiger partial charge in [0.1, 0.15) is 12.6 Å². The van der Waals surface area contributed by atoms with Crippen molar-refractivity contribution in [3.63, 3.8) is 0 Å². The zero-order valence-electron chi connectivity index (χ0n) is 28.4. The lowest BCUT2D eigenvalue weighted by atomic mass is 9.87. The number of Topliss-reactive ketones (excluding diaryl/α,β-unsaturated/α-hetero) is 1. The zero-order chi connectivity index (χ0) is 36.1. The van der Waals surface area contributed by atoms with E-state index in [1.165, 1.54) is 25.9 Å². The van der Waals surface area contributed by atoms with E-state index < -0.39 is 52.9 Å². The van der Waals surface area contributed by atoms with E-state index in [1.54, 1.807) is 37.4 Å². The Balaban J connectivity index is 1.86. The Bertz CT molecular complexity index is 1550. The summed E-state index contributed by atoms with van der Waals surface area (Å²) in [6.45, 7) is 6.22. The number of likely N-dealkylation sites (tertiary alicyclic amines) is 1. The smallest absolute Gasteiger partial charge is 0.330 e. The van der Waals surface area contributed by atoms with Crippen LogP contribution in [0.1, 0.15) is 69.5 Å². The van der Waals surface area contributed by atoms with Gasteiger partial charge in [0.15, 0.2) is 11.5 Å². The van der Waals surface area contributed by atoms with Crippen molar-refractivity contribution < 1.29 is 48.1 Å². The first-order valence-electron chi connectivity index (χ1n) is 16.1. The average molecular weight is 680 g/mol. The monoisotopic (exact) mass is 679 g/mol. The summed E-state index contributed by atoms with van der Waals surface area (Å²) in [6.07, 6.45) is 3.01. The molecular formula is C36H45N3O10. The number of hydrogen-bond donors (Lipinski definition) is 3. The molecule has 2 aromatic carbocycles. The summed E-state index contributed by atoms with van der Waals surface area (Å²) in [5.74, 6) is -3.19. The van der Waals surface area contributed by atoms with Crippen LogP contribution in [0.3, 0.4) is 0 Å². The van der Waals surface area contributed by atoms with Gasteiger partial charge >= 0.3 is 11.9 Å². The standard InChI is InChI=1S/C36H45N3O10/c1-6-32(43)49-22-36(2,3)33(44)35(46)39-19-8-7-12-27(39)34(45)38-26(15-13-23-14-16-28(47-4)29(20-23)48-5)24-10-9-11-25(21-24)37-30(40)17-18-31(41)42/h6,9-11,14,16,20-21,26-27H,1,7-8,12-13,15,17-19,22H2,2-5H3,(H,37,40)(H,38,45)(H,41,42)/t26-,27+/m1/s1. The van der Waals surface area contributed by atoms with Gasteiger partial charge in [-0.05, 0) is 81.3 Å². The Morgan fingerprint density at radius 2 is 1.76 bits per heavy atom. The number of hydrogen-bond acceptors (Lipinski definition) is 9. The van der Waals surface area contributed by atoms with E-state index in [4.69, 9.17) is 19.3 Å².